The van der Waals surface area contributed by atoms with E-state index in [2.05, 4.69) is 5.32 Å². The summed E-state index contributed by atoms with van der Waals surface area (Å²) in [5, 5.41) is 2.18. The molecule has 1 unspecified atom stereocenters. The van der Waals surface area contributed by atoms with Crippen LogP contribution in [0.1, 0.15) is 12.0 Å². The van der Waals surface area contributed by atoms with Crippen molar-refractivity contribution in [2.75, 3.05) is 19.6 Å². The minimum absolute atomic E-state index is 0.0878. The number of carbonyl (C=O) groups is 2. The lowest BCUT2D eigenvalue weighted by Gasteiger charge is -2.17. The zero-order valence-corrected chi connectivity index (χ0v) is 17.2. The van der Waals surface area contributed by atoms with Gasteiger partial charge < -0.3 is 15.0 Å². The maximum atomic E-state index is 12.7. The summed E-state index contributed by atoms with van der Waals surface area (Å²) < 4.78 is 30.5. The standard InChI is InChI=1S/C20H21ClN2O5S/c21-16-6-8-17(9-7-16)29(26,27)18-10-11-23(13-18)19(24)12-22-20(25)28-14-15-4-2-1-3-5-15/h1-9,18H,10-14H2,(H,22,25). The predicted molar refractivity (Wildman–Crippen MR) is 108 cm³/mol. The summed E-state index contributed by atoms with van der Waals surface area (Å²) in [6.45, 7) is 0.259. The molecule has 0 bridgehead atoms. The van der Waals surface area contributed by atoms with Crippen molar-refractivity contribution >= 4 is 33.4 Å². The summed E-state index contributed by atoms with van der Waals surface area (Å²) in [5.41, 5.74) is 0.837. The smallest absolute Gasteiger partial charge is 0.407 e. The summed E-state index contributed by atoms with van der Waals surface area (Å²) in [6.07, 6.45) is -0.360. The highest BCUT2D eigenvalue weighted by atomic mass is 35.5. The molecule has 29 heavy (non-hydrogen) atoms. The Hall–Kier alpha value is -2.58. The number of sulfone groups is 1. The van der Waals surface area contributed by atoms with E-state index in [1.807, 2.05) is 30.3 Å². The highest BCUT2D eigenvalue weighted by molar-refractivity contribution is 7.92. The van der Waals surface area contributed by atoms with Gasteiger partial charge in [-0.3, -0.25) is 4.79 Å². The Balaban J connectivity index is 1.47. The Bertz CT molecular complexity index is 964. The first-order valence-electron chi connectivity index (χ1n) is 9.08. The second kappa shape index (κ2) is 9.28. The van der Waals surface area contributed by atoms with Crippen LogP contribution < -0.4 is 5.32 Å². The van der Waals surface area contributed by atoms with Crippen molar-refractivity contribution in [2.24, 2.45) is 0 Å². The number of nitrogens with one attached hydrogen (secondary N) is 1. The molecule has 1 aliphatic heterocycles. The van der Waals surface area contributed by atoms with Gasteiger partial charge in [0, 0.05) is 18.1 Å². The predicted octanol–water partition coefficient (Wildman–Crippen LogP) is 2.64. The van der Waals surface area contributed by atoms with Crippen molar-refractivity contribution in [3.05, 3.63) is 65.2 Å². The van der Waals surface area contributed by atoms with E-state index in [0.29, 0.717) is 18.0 Å². The first-order valence-corrected chi connectivity index (χ1v) is 11.0. The Morgan fingerprint density at radius 1 is 1.10 bits per heavy atom. The lowest BCUT2D eigenvalue weighted by Crippen LogP contribution is -2.40. The van der Waals surface area contributed by atoms with E-state index in [0.717, 1.165) is 5.56 Å². The Morgan fingerprint density at radius 3 is 2.48 bits per heavy atom. The van der Waals surface area contributed by atoms with Crippen LogP contribution in [0.2, 0.25) is 5.02 Å². The van der Waals surface area contributed by atoms with Gasteiger partial charge in [0.15, 0.2) is 9.84 Å². The van der Waals surface area contributed by atoms with Crippen LogP contribution in [-0.2, 0) is 26.0 Å². The topological polar surface area (TPSA) is 92.8 Å². The van der Waals surface area contributed by atoms with Crippen molar-refractivity contribution in [2.45, 2.75) is 23.2 Å². The fourth-order valence-electron chi connectivity index (χ4n) is 3.06. The molecular formula is C20H21ClN2O5S. The van der Waals surface area contributed by atoms with Gasteiger partial charge in [-0.1, -0.05) is 41.9 Å². The van der Waals surface area contributed by atoms with Gasteiger partial charge in [0.2, 0.25) is 5.91 Å². The number of amides is 2. The largest absolute Gasteiger partial charge is 0.445 e. The highest BCUT2D eigenvalue weighted by Gasteiger charge is 2.36. The molecule has 0 radical (unpaired) electrons. The van der Waals surface area contributed by atoms with Gasteiger partial charge >= 0.3 is 6.09 Å². The highest BCUT2D eigenvalue weighted by Crippen LogP contribution is 2.25. The lowest BCUT2D eigenvalue weighted by molar-refractivity contribution is -0.129. The quantitative estimate of drug-likeness (QED) is 0.751. The van der Waals surface area contributed by atoms with Crippen LogP contribution in [0.15, 0.2) is 59.5 Å². The Kier molecular flexibility index (Phi) is 6.76. The van der Waals surface area contributed by atoms with Gasteiger partial charge in [0.1, 0.15) is 13.2 Å². The number of alkyl carbamates (subject to hydrolysis) is 1. The third-order valence-corrected chi connectivity index (χ3v) is 7.12. The lowest BCUT2D eigenvalue weighted by atomic mass is 10.2. The molecule has 0 saturated carbocycles. The van der Waals surface area contributed by atoms with E-state index in [-0.39, 0.29) is 30.5 Å². The molecule has 2 aromatic rings. The van der Waals surface area contributed by atoms with Crippen LogP contribution in [0.25, 0.3) is 0 Å². The van der Waals surface area contributed by atoms with E-state index in [1.165, 1.54) is 29.2 Å². The Morgan fingerprint density at radius 2 is 1.79 bits per heavy atom. The van der Waals surface area contributed by atoms with Crippen LogP contribution in [0.3, 0.4) is 0 Å². The van der Waals surface area contributed by atoms with Crippen molar-refractivity contribution in [3.63, 3.8) is 0 Å². The van der Waals surface area contributed by atoms with E-state index < -0.39 is 21.2 Å². The number of carbonyl (C=O) groups excluding carboxylic acids is 2. The van der Waals surface area contributed by atoms with Crippen molar-refractivity contribution < 1.29 is 22.7 Å². The van der Waals surface area contributed by atoms with E-state index in [1.54, 1.807) is 0 Å². The third kappa shape index (κ3) is 5.48. The summed E-state index contributed by atoms with van der Waals surface area (Å²) in [4.78, 5) is 25.7. The molecule has 2 aromatic carbocycles. The van der Waals surface area contributed by atoms with Crippen molar-refractivity contribution in [1.82, 2.24) is 10.2 Å². The SMILES string of the molecule is O=C(NCC(=O)N1CCC(S(=O)(=O)c2ccc(Cl)cc2)C1)OCc1ccccc1. The fourth-order valence-corrected chi connectivity index (χ4v) is 4.88. The summed E-state index contributed by atoms with van der Waals surface area (Å²) >= 11 is 5.81. The molecule has 0 spiro atoms. The maximum absolute atomic E-state index is 12.7. The number of halogens is 1. The van der Waals surface area contributed by atoms with E-state index >= 15 is 0 Å². The van der Waals surface area contributed by atoms with Crippen LogP contribution in [0.5, 0.6) is 0 Å². The van der Waals surface area contributed by atoms with Crippen LogP contribution in [0, 0.1) is 0 Å². The second-order valence-electron chi connectivity index (χ2n) is 6.66. The molecule has 0 aliphatic carbocycles. The molecule has 154 valence electrons. The van der Waals surface area contributed by atoms with Gasteiger partial charge in [0.25, 0.3) is 0 Å². The van der Waals surface area contributed by atoms with Crippen LogP contribution >= 0.6 is 11.6 Å². The number of likely N-dealkylation sites (tertiary alicyclic amines) is 1. The monoisotopic (exact) mass is 436 g/mol. The van der Waals surface area contributed by atoms with Crippen molar-refractivity contribution in [1.29, 1.82) is 0 Å². The fraction of sp³-hybridized carbons (Fsp3) is 0.300. The molecule has 1 saturated heterocycles. The third-order valence-electron chi connectivity index (χ3n) is 4.68. The molecule has 1 N–H and O–H groups in total. The number of nitrogens with zero attached hydrogens (tertiary/aromatic N) is 1. The minimum Gasteiger partial charge on any atom is -0.445 e. The zero-order valence-electron chi connectivity index (χ0n) is 15.6. The molecule has 1 heterocycles. The minimum atomic E-state index is -3.56. The van der Waals surface area contributed by atoms with E-state index in [4.69, 9.17) is 16.3 Å². The van der Waals surface area contributed by atoms with Gasteiger partial charge in [0.05, 0.1) is 10.1 Å². The average Bonchev–Trinajstić information content (AvgIpc) is 3.23. The first-order chi connectivity index (χ1) is 13.9. The summed E-state index contributed by atoms with van der Waals surface area (Å²) in [5.74, 6) is -0.351. The average molecular weight is 437 g/mol. The second-order valence-corrected chi connectivity index (χ2v) is 9.33. The molecule has 9 heteroatoms. The van der Waals surface area contributed by atoms with E-state index in [9.17, 15) is 18.0 Å². The molecule has 0 aromatic heterocycles. The molecule has 3 rings (SSSR count). The molecule has 1 fully saturated rings. The zero-order chi connectivity index (χ0) is 20.9. The van der Waals surface area contributed by atoms with Gasteiger partial charge in [-0.2, -0.15) is 0 Å². The number of hydrogen-bond acceptors (Lipinski definition) is 5. The normalized spacial score (nSPS) is 16.4. The number of ether oxygens (including phenoxy) is 1. The number of hydrogen-bond donors (Lipinski definition) is 1. The van der Waals surface area contributed by atoms with Crippen molar-refractivity contribution in [3.8, 4) is 0 Å². The number of benzene rings is 2. The Labute approximate surface area is 174 Å². The molecule has 7 nitrogen and oxygen atoms in total. The summed E-state index contributed by atoms with van der Waals surface area (Å²) in [6, 6.07) is 15.2. The van der Waals surface area contributed by atoms with Gasteiger partial charge in [-0.05, 0) is 36.2 Å². The van der Waals surface area contributed by atoms with Crippen LogP contribution in [-0.4, -0.2) is 50.2 Å². The van der Waals surface area contributed by atoms with Crippen LogP contribution in [0.4, 0.5) is 4.79 Å². The molecule has 1 atom stereocenters. The maximum Gasteiger partial charge on any atom is 0.407 e. The van der Waals surface area contributed by atoms with Gasteiger partial charge in [-0.25, -0.2) is 13.2 Å². The number of rotatable bonds is 6. The van der Waals surface area contributed by atoms with Gasteiger partial charge in [-0.15, -0.1) is 0 Å². The molecule has 1 aliphatic rings. The molecule has 2 amide bonds. The molecular weight excluding hydrogens is 416 g/mol. The summed E-state index contributed by atoms with van der Waals surface area (Å²) in [7, 11) is -3.56. The first kappa shape index (κ1) is 21.1.